The summed E-state index contributed by atoms with van der Waals surface area (Å²) >= 11 is 13.6. The van der Waals surface area contributed by atoms with E-state index in [-0.39, 0.29) is 28.9 Å². The van der Waals surface area contributed by atoms with E-state index in [2.05, 4.69) is 81.4 Å². The molecule has 1 saturated heterocycles. The molecule has 1 atom stereocenters. The predicted molar refractivity (Wildman–Crippen MR) is 201 cm³/mol. The Labute approximate surface area is 301 Å². The number of benzene rings is 4. The Kier molecular flexibility index (Phi) is 10.7. The Balaban J connectivity index is 1.12. The van der Waals surface area contributed by atoms with Crippen molar-refractivity contribution in [1.82, 2.24) is 4.90 Å². The summed E-state index contributed by atoms with van der Waals surface area (Å²) in [4.78, 5) is 27.6. The first-order chi connectivity index (χ1) is 23.5. The van der Waals surface area contributed by atoms with E-state index in [9.17, 15) is 9.59 Å². The number of carbonyl (C=O) groups is 2. The maximum atomic E-state index is 13.8. The van der Waals surface area contributed by atoms with E-state index in [1.807, 2.05) is 29.2 Å². The lowest BCUT2D eigenvalue weighted by Gasteiger charge is -2.46. The molecule has 4 aromatic carbocycles. The molecule has 0 N–H and O–H groups in total. The lowest BCUT2D eigenvalue weighted by atomic mass is 9.78. The summed E-state index contributed by atoms with van der Waals surface area (Å²) in [6.45, 7) is 8.07. The van der Waals surface area contributed by atoms with Crippen molar-refractivity contribution in [2.75, 3.05) is 13.7 Å². The van der Waals surface area contributed by atoms with Gasteiger partial charge in [-0.25, -0.2) is 4.79 Å². The first-order valence-corrected chi connectivity index (χ1v) is 19.9. The van der Waals surface area contributed by atoms with Gasteiger partial charge in [-0.05, 0) is 88.8 Å². The number of nitrogens with zero attached hydrogens (tertiary/aromatic N) is 1. The fraction of sp³-hybridized carbons (Fsp3) is 0.366. The molecule has 49 heavy (non-hydrogen) atoms. The summed E-state index contributed by atoms with van der Waals surface area (Å²) in [7, 11) is -1.26. The van der Waals surface area contributed by atoms with Crippen LogP contribution in [0.2, 0.25) is 15.1 Å². The molecule has 1 amide bonds. The Morgan fingerprint density at radius 1 is 0.796 bits per heavy atom. The highest BCUT2D eigenvalue weighted by Gasteiger charge is 2.52. The third-order valence-corrected chi connectivity index (χ3v) is 16.3. The zero-order valence-electron chi connectivity index (χ0n) is 28.8. The van der Waals surface area contributed by atoms with E-state index >= 15 is 0 Å². The minimum atomic E-state index is -2.62. The Bertz CT molecular complexity index is 1700. The first kappa shape index (κ1) is 35.4. The van der Waals surface area contributed by atoms with Crippen molar-refractivity contribution in [2.45, 2.75) is 70.6 Å². The van der Waals surface area contributed by atoms with Crippen molar-refractivity contribution in [1.29, 1.82) is 0 Å². The predicted octanol–water partition coefficient (Wildman–Crippen LogP) is 8.93. The van der Waals surface area contributed by atoms with Crippen molar-refractivity contribution < 1.29 is 18.8 Å². The van der Waals surface area contributed by atoms with Gasteiger partial charge < -0.3 is 14.1 Å². The number of likely N-dealkylation sites (tertiary alicyclic amines) is 1. The van der Waals surface area contributed by atoms with Crippen LogP contribution in [0.3, 0.4) is 0 Å². The Morgan fingerprint density at radius 3 is 1.86 bits per heavy atom. The van der Waals surface area contributed by atoms with Crippen molar-refractivity contribution in [3.05, 3.63) is 118 Å². The van der Waals surface area contributed by atoms with Crippen LogP contribution >= 0.6 is 23.2 Å². The molecule has 6 rings (SSSR count). The van der Waals surface area contributed by atoms with Gasteiger partial charge in [-0.15, -0.1) is 0 Å². The SMILES string of the molecule is COC(=O)c1ccc(-c2cc(Cl)c(CN3CCC(C4CCC(O[Si](c5ccccc5)(c5ccccc5)C(C)(C)C)CC4)C3=O)c(Cl)c2)cc1. The largest absolute Gasteiger partial charge is 0.465 e. The van der Waals surface area contributed by atoms with E-state index in [0.717, 1.165) is 48.8 Å². The average molecular weight is 715 g/mol. The molecule has 8 heteroatoms. The molecular weight excluding hydrogens is 669 g/mol. The van der Waals surface area contributed by atoms with Gasteiger partial charge in [-0.2, -0.15) is 0 Å². The van der Waals surface area contributed by atoms with Crippen LogP contribution in [-0.2, 0) is 20.5 Å². The van der Waals surface area contributed by atoms with Crippen LogP contribution in [0.15, 0.2) is 97.1 Å². The topological polar surface area (TPSA) is 55.8 Å². The minimum absolute atomic E-state index is 0.0129. The number of carbonyl (C=O) groups excluding carboxylic acids is 2. The van der Waals surface area contributed by atoms with Gasteiger partial charge in [0.1, 0.15) is 0 Å². The zero-order chi connectivity index (χ0) is 34.8. The second-order valence-electron chi connectivity index (χ2n) is 14.5. The van der Waals surface area contributed by atoms with Gasteiger partial charge in [0, 0.05) is 40.7 Å². The quantitative estimate of drug-likeness (QED) is 0.128. The molecule has 2 fully saturated rings. The standard InChI is InChI=1S/C41H45Cl2NO4Si/c1-41(2,3)49(33-11-7-5-8-12-33,34-13-9-6-10-14-34)48-32-21-19-29(20-22-32)35-23-24-44(39(35)45)27-36-37(42)25-31(26-38(36)43)28-15-17-30(18-16-28)40(46)47-4/h5-18,25-26,29,32,35H,19-24,27H2,1-4H3. The monoisotopic (exact) mass is 713 g/mol. The Hall–Kier alpha value is -3.42. The fourth-order valence-corrected chi connectivity index (χ4v) is 13.3. The number of methoxy groups -OCH3 is 1. The third-order valence-electron chi connectivity index (χ3n) is 10.5. The van der Waals surface area contributed by atoms with Crippen molar-refractivity contribution in [3.8, 4) is 11.1 Å². The van der Waals surface area contributed by atoms with Crippen LogP contribution in [0.5, 0.6) is 0 Å². The van der Waals surface area contributed by atoms with E-state index in [0.29, 0.717) is 34.6 Å². The van der Waals surface area contributed by atoms with Crippen molar-refractivity contribution >= 4 is 53.8 Å². The smallest absolute Gasteiger partial charge is 0.337 e. The van der Waals surface area contributed by atoms with Gasteiger partial charge in [0.2, 0.25) is 5.91 Å². The summed E-state index contributed by atoms with van der Waals surface area (Å²) in [5.74, 6) is 0.172. The summed E-state index contributed by atoms with van der Waals surface area (Å²) < 4.78 is 12.2. The van der Waals surface area contributed by atoms with E-state index in [4.69, 9.17) is 32.4 Å². The van der Waals surface area contributed by atoms with Crippen LogP contribution in [0.1, 0.15) is 68.8 Å². The number of halogens is 2. The van der Waals surface area contributed by atoms with Crippen LogP contribution in [0.4, 0.5) is 0 Å². The first-order valence-electron chi connectivity index (χ1n) is 17.3. The Morgan fingerprint density at radius 2 is 1.35 bits per heavy atom. The molecule has 4 aromatic rings. The third kappa shape index (κ3) is 7.25. The van der Waals surface area contributed by atoms with Crippen molar-refractivity contribution in [3.63, 3.8) is 0 Å². The molecule has 2 aliphatic rings. The van der Waals surface area contributed by atoms with E-state index in [1.165, 1.54) is 17.5 Å². The lowest BCUT2D eigenvalue weighted by molar-refractivity contribution is -0.133. The second-order valence-corrected chi connectivity index (χ2v) is 19.5. The molecule has 1 unspecified atom stereocenters. The van der Waals surface area contributed by atoms with Gasteiger partial charge >= 0.3 is 5.97 Å². The minimum Gasteiger partial charge on any atom is -0.465 e. The molecule has 0 bridgehead atoms. The zero-order valence-corrected chi connectivity index (χ0v) is 31.3. The molecule has 1 heterocycles. The number of hydrogen-bond donors (Lipinski definition) is 0. The van der Waals surface area contributed by atoms with Crippen LogP contribution in [-0.4, -0.2) is 44.9 Å². The number of hydrogen-bond acceptors (Lipinski definition) is 4. The van der Waals surface area contributed by atoms with Gasteiger partial charge in [-0.1, -0.05) is 117 Å². The molecule has 5 nitrogen and oxygen atoms in total. The lowest BCUT2D eigenvalue weighted by Crippen LogP contribution is -2.67. The maximum absolute atomic E-state index is 13.8. The molecule has 256 valence electrons. The van der Waals surface area contributed by atoms with Gasteiger partial charge in [0.25, 0.3) is 8.32 Å². The molecular formula is C41H45Cl2NO4Si. The van der Waals surface area contributed by atoms with Gasteiger partial charge in [-0.3, -0.25) is 4.79 Å². The number of rotatable bonds is 9. The molecule has 0 aromatic heterocycles. The molecule has 1 saturated carbocycles. The summed E-state index contributed by atoms with van der Waals surface area (Å²) in [5, 5.41) is 3.59. The van der Waals surface area contributed by atoms with E-state index < -0.39 is 8.32 Å². The molecule has 1 aliphatic carbocycles. The fourth-order valence-electron chi connectivity index (χ4n) is 7.94. The van der Waals surface area contributed by atoms with Gasteiger partial charge in [0.05, 0.1) is 12.7 Å². The molecule has 0 radical (unpaired) electrons. The summed E-state index contributed by atoms with van der Waals surface area (Å²) in [5.41, 5.74) is 2.96. The maximum Gasteiger partial charge on any atom is 0.337 e. The highest BCUT2D eigenvalue weighted by atomic mass is 35.5. The number of esters is 1. The highest BCUT2D eigenvalue weighted by Crippen LogP contribution is 2.43. The molecule has 0 spiro atoms. The molecule has 1 aliphatic heterocycles. The van der Waals surface area contributed by atoms with Crippen LogP contribution in [0.25, 0.3) is 11.1 Å². The average Bonchev–Trinajstić information content (AvgIpc) is 3.48. The normalized spacial score (nSPS) is 20.0. The van der Waals surface area contributed by atoms with E-state index in [1.54, 1.807) is 12.1 Å². The number of amides is 1. The van der Waals surface area contributed by atoms with Gasteiger partial charge in [0.15, 0.2) is 0 Å². The number of ether oxygens (including phenoxy) is 1. The highest BCUT2D eigenvalue weighted by molar-refractivity contribution is 6.99. The van der Waals surface area contributed by atoms with Crippen molar-refractivity contribution in [2.24, 2.45) is 11.8 Å². The van der Waals surface area contributed by atoms with Crippen LogP contribution in [0, 0.1) is 11.8 Å². The second kappa shape index (κ2) is 14.8. The summed E-state index contributed by atoms with van der Waals surface area (Å²) in [6.07, 6.45) is 4.89. The summed E-state index contributed by atoms with van der Waals surface area (Å²) in [6, 6.07) is 32.5. The van der Waals surface area contributed by atoms with Crippen LogP contribution < -0.4 is 10.4 Å².